The van der Waals surface area contributed by atoms with Crippen molar-refractivity contribution in [2.24, 2.45) is 0 Å². The lowest BCUT2D eigenvalue weighted by atomic mass is 10.2. The normalized spacial score (nSPS) is 10.4. The average molecular weight is 257 g/mol. The monoisotopic (exact) mass is 257 g/mol. The van der Waals surface area contributed by atoms with Gasteiger partial charge in [0, 0.05) is 25.0 Å². The summed E-state index contributed by atoms with van der Waals surface area (Å²) in [6, 6.07) is 0. The Morgan fingerprint density at radius 3 is 3.12 bits per heavy atom. The third-order valence-electron chi connectivity index (χ3n) is 2.18. The van der Waals surface area contributed by atoms with Gasteiger partial charge in [0.05, 0.1) is 12.3 Å². The number of aromatic nitrogens is 1. The zero-order valence-electron chi connectivity index (χ0n) is 10.1. The van der Waals surface area contributed by atoms with E-state index in [1.54, 1.807) is 0 Å². The third kappa shape index (κ3) is 6.23. The van der Waals surface area contributed by atoms with Gasteiger partial charge in [0.1, 0.15) is 0 Å². The molecule has 1 heterocycles. The number of amides is 1. The highest BCUT2D eigenvalue weighted by atomic mass is 32.1. The van der Waals surface area contributed by atoms with E-state index in [1.165, 1.54) is 11.3 Å². The molecule has 0 saturated heterocycles. The fourth-order valence-electron chi connectivity index (χ4n) is 1.33. The molecule has 0 radical (unpaired) electrons. The zero-order chi connectivity index (χ0) is 12.5. The predicted octanol–water partition coefficient (Wildman–Crippen LogP) is 1.20. The fraction of sp³-hybridized carbons (Fsp3) is 0.636. The topological polar surface area (TPSA) is 77.2 Å². The molecular weight excluding hydrogens is 238 g/mol. The quantitative estimate of drug-likeness (QED) is 0.686. The van der Waals surface area contributed by atoms with Gasteiger partial charge >= 0.3 is 0 Å². The Kier molecular flexibility index (Phi) is 6.57. The second kappa shape index (κ2) is 8.03. The summed E-state index contributed by atoms with van der Waals surface area (Å²) in [5, 5.41) is 5.39. The smallest absolute Gasteiger partial charge is 0.222 e. The van der Waals surface area contributed by atoms with E-state index in [2.05, 4.69) is 10.3 Å². The molecule has 1 aromatic rings. The molecule has 0 saturated carbocycles. The number of hydrogen-bond acceptors (Lipinski definition) is 5. The van der Waals surface area contributed by atoms with Gasteiger partial charge in [0.15, 0.2) is 5.13 Å². The van der Waals surface area contributed by atoms with Gasteiger partial charge in [0.25, 0.3) is 0 Å². The molecule has 1 rings (SSSR count). The standard InChI is InChI=1S/C11H19N3O2S/c1-2-16-7-5-10(15)13-6-3-4-9-8-17-11(12)14-9/h8H,2-7H2,1H3,(H2,12,14)(H,13,15). The van der Waals surface area contributed by atoms with Crippen LogP contribution in [-0.2, 0) is 16.0 Å². The number of aryl methyl sites for hydroxylation is 1. The summed E-state index contributed by atoms with van der Waals surface area (Å²) in [7, 11) is 0. The molecule has 0 fully saturated rings. The summed E-state index contributed by atoms with van der Waals surface area (Å²) in [5.74, 6) is 0.0382. The molecular formula is C11H19N3O2S. The van der Waals surface area contributed by atoms with Crippen molar-refractivity contribution < 1.29 is 9.53 Å². The van der Waals surface area contributed by atoms with Gasteiger partial charge in [-0.25, -0.2) is 4.98 Å². The first-order valence-corrected chi connectivity index (χ1v) is 6.64. The SMILES string of the molecule is CCOCCC(=O)NCCCc1csc(N)n1. The van der Waals surface area contributed by atoms with Crippen molar-refractivity contribution in [1.29, 1.82) is 0 Å². The van der Waals surface area contributed by atoms with Gasteiger partial charge in [-0.3, -0.25) is 4.79 Å². The Morgan fingerprint density at radius 2 is 2.47 bits per heavy atom. The van der Waals surface area contributed by atoms with Gasteiger partial charge in [-0.15, -0.1) is 11.3 Å². The number of carbonyl (C=O) groups excluding carboxylic acids is 1. The largest absolute Gasteiger partial charge is 0.381 e. The molecule has 0 atom stereocenters. The Bertz CT molecular complexity index is 341. The zero-order valence-corrected chi connectivity index (χ0v) is 10.9. The Labute approximate surface area is 105 Å². The van der Waals surface area contributed by atoms with Crippen LogP contribution in [0.1, 0.15) is 25.5 Å². The number of nitrogens with one attached hydrogen (secondary N) is 1. The second-order valence-corrected chi connectivity index (χ2v) is 4.47. The molecule has 0 spiro atoms. The molecule has 0 aliphatic carbocycles. The minimum absolute atomic E-state index is 0.0382. The van der Waals surface area contributed by atoms with E-state index in [1.807, 2.05) is 12.3 Å². The summed E-state index contributed by atoms with van der Waals surface area (Å²) in [5.41, 5.74) is 6.52. The van der Waals surface area contributed by atoms with E-state index in [-0.39, 0.29) is 5.91 Å². The Balaban J connectivity index is 2.02. The number of anilines is 1. The van der Waals surface area contributed by atoms with E-state index < -0.39 is 0 Å². The molecule has 0 aliphatic rings. The van der Waals surface area contributed by atoms with Crippen LogP contribution in [0.2, 0.25) is 0 Å². The van der Waals surface area contributed by atoms with E-state index in [0.717, 1.165) is 18.5 Å². The van der Waals surface area contributed by atoms with Crippen molar-refractivity contribution in [3.05, 3.63) is 11.1 Å². The molecule has 96 valence electrons. The molecule has 0 aromatic carbocycles. The molecule has 1 aromatic heterocycles. The van der Waals surface area contributed by atoms with Gasteiger partial charge in [0.2, 0.25) is 5.91 Å². The van der Waals surface area contributed by atoms with Crippen molar-refractivity contribution >= 4 is 22.4 Å². The van der Waals surface area contributed by atoms with Crippen molar-refractivity contribution in [2.45, 2.75) is 26.2 Å². The fourth-order valence-corrected chi connectivity index (χ4v) is 1.93. The van der Waals surface area contributed by atoms with Gasteiger partial charge in [-0.1, -0.05) is 0 Å². The number of rotatable bonds is 8. The maximum absolute atomic E-state index is 11.3. The van der Waals surface area contributed by atoms with Gasteiger partial charge in [-0.05, 0) is 19.8 Å². The number of nitrogens with zero attached hydrogens (tertiary/aromatic N) is 1. The molecule has 3 N–H and O–H groups in total. The maximum atomic E-state index is 11.3. The summed E-state index contributed by atoms with van der Waals surface area (Å²) in [6.45, 7) is 3.73. The molecule has 1 amide bonds. The highest BCUT2D eigenvalue weighted by molar-refractivity contribution is 7.13. The second-order valence-electron chi connectivity index (χ2n) is 3.58. The van der Waals surface area contributed by atoms with Crippen molar-refractivity contribution in [1.82, 2.24) is 10.3 Å². The molecule has 17 heavy (non-hydrogen) atoms. The lowest BCUT2D eigenvalue weighted by Crippen LogP contribution is -2.25. The summed E-state index contributed by atoms with van der Waals surface area (Å²) in [4.78, 5) is 15.5. The molecule has 0 bridgehead atoms. The van der Waals surface area contributed by atoms with Crippen molar-refractivity contribution in [3.8, 4) is 0 Å². The number of hydrogen-bond donors (Lipinski definition) is 2. The van der Waals surface area contributed by atoms with Crippen LogP contribution in [0.15, 0.2) is 5.38 Å². The number of carbonyl (C=O) groups is 1. The van der Waals surface area contributed by atoms with Crippen LogP contribution in [-0.4, -0.2) is 30.6 Å². The van der Waals surface area contributed by atoms with Gasteiger partial charge < -0.3 is 15.8 Å². The first-order valence-electron chi connectivity index (χ1n) is 5.76. The summed E-state index contributed by atoms with van der Waals surface area (Å²) >= 11 is 1.45. The number of nitrogen functional groups attached to an aromatic ring is 1. The molecule has 5 nitrogen and oxygen atoms in total. The lowest BCUT2D eigenvalue weighted by Gasteiger charge is -2.04. The number of thiazole rings is 1. The van der Waals surface area contributed by atoms with Crippen LogP contribution in [0.4, 0.5) is 5.13 Å². The van der Waals surface area contributed by atoms with E-state index in [0.29, 0.717) is 31.3 Å². The molecule has 6 heteroatoms. The van der Waals surface area contributed by atoms with E-state index in [9.17, 15) is 4.79 Å². The molecule has 0 unspecified atom stereocenters. The third-order valence-corrected chi connectivity index (χ3v) is 2.90. The maximum Gasteiger partial charge on any atom is 0.222 e. The Morgan fingerprint density at radius 1 is 1.65 bits per heavy atom. The Hall–Kier alpha value is -1.14. The number of nitrogens with two attached hydrogens (primary N) is 1. The first kappa shape index (κ1) is 13.9. The van der Waals surface area contributed by atoms with Crippen LogP contribution in [0.5, 0.6) is 0 Å². The first-order chi connectivity index (χ1) is 8.22. The summed E-state index contributed by atoms with van der Waals surface area (Å²) < 4.78 is 5.10. The van der Waals surface area contributed by atoms with E-state index in [4.69, 9.17) is 10.5 Å². The highest BCUT2D eigenvalue weighted by Crippen LogP contribution is 2.11. The minimum atomic E-state index is 0.0382. The van der Waals surface area contributed by atoms with Crippen LogP contribution in [0, 0.1) is 0 Å². The van der Waals surface area contributed by atoms with Crippen molar-refractivity contribution in [2.75, 3.05) is 25.5 Å². The predicted molar refractivity (Wildman–Crippen MR) is 69.0 cm³/mol. The highest BCUT2D eigenvalue weighted by Gasteiger charge is 2.01. The van der Waals surface area contributed by atoms with Crippen LogP contribution < -0.4 is 11.1 Å². The summed E-state index contributed by atoms with van der Waals surface area (Å²) in [6.07, 6.45) is 2.15. The van der Waals surface area contributed by atoms with Crippen molar-refractivity contribution in [3.63, 3.8) is 0 Å². The lowest BCUT2D eigenvalue weighted by molar-refractivity contribution is -0.122. The van der Waals surface area contributed by atoms with Gasteiger partial charge in [-0.2, -0.15) is 0 Å². The average Bonchev–Trinajstić information content (AvgIpc) is 2.71. The van der Waals surface area contributed by atoms with Crippen LogP contribution in [0.3, 0.4) is 0 Å². The van der Waals surface area contributed by atoms with Crippen LogP contribution in [0.25, 0.3) is 0 Å². The number of ether oxygens (including phenoxy) is 1. The molecule has 0 aliphatic heterocycles. The minimum Gasteiger partial charge on any atom is -0.381 e. The van der Waals surface area contributed by atoms with E-state index >= 15 is 0 Å². The van der Waals surface area contributed by atoms with Crippen LogP contribution >= 0.6 is 11.3 Å².